The molecule has 1 heterocycles. The summed E-state index contributed by atoms with van der Waals surface area (Å²) in [6, 6.07) is 16.9. The van der Waals surface area contributed by atoms with Gasteiger partial charge in [0.15, 0.2) is 5.78 Å². The van der Waals surface area contributed by atoms with Gasteiger partial charge in [-0.2, -0.15) is 0 Å². The highest BCUT2D eigenvalue weighted by Gasteiger charge is 2.24. The van der Waals surface area contributed by atoms with Crippen molar-refractivity contribution in [2.75, 3.05) is 51.8 Å². The molecule has 0 saturated carbocycles. The molecule has 1 saturated heterocycles. The molecule has 3 aromatic rings. The number of benzene rings is 3. The fourth-order valence-corrected chi connectivity index (χ4v) is 4.38. The first-order valence-electron chi connectivity index (χ1n) is 11.4. The van der Waals surface area contributed by atoms with E-state index in [0.717, 1.165) is 22.1 Å². The van der Waals surface area contributed by atoms with Crippen molar-refractivity contribution in [2.45, 2.75) is 13.5 Å². The summed E-state index contributed by atoms with van der Waals surface area (Å²) in [6.45, 7) is 4.60. The number of amides is 1. The third-order valence-electron chi connectivity index (χ3n) is 6.30. The van der Waals surface area contributed by atoms with Gasteiger partial charge < -0.3 is 14.5 Å². The molecule has 0 spiro atoms. The number of rotatable bonds is 7. The Labute approximate surface area is 199 Å². The quantitative estimate of drug-likeness (QED) is 0.497. The van der Waals surface area contributed by atoms with Crippen molar-refractivity contribution in [3.8, 4) is 5.75 Å². The minimum atomic E-state index is -0.402. The van der Waals surface area contributed by atoms with Crippen LogP contribution >= 0.6 is 0 Å². The van der Waals surface area contributed by atoms with E-state index in [-0.39, 0.29) is 11.7 Å². The molecule has 0 bridgehead atoms. The van der Waals surface area contributed by atoms with Gasteiger partial charge in [-0.3, -0.25) is 14.5 Å². The van der Waals surface area contributed by atoms with Crippen LogP contribution in [0.3, 0.4) is 0 Å². The van der Waals surface area contributed by atoms with Gasteiger partial charge in [0, 0.05) is 38.3 Å². The van der Waals surface area contributed by atoms with Gasteiger partial charge >= 0.3 is 0 Å². The third-order valence-corrected chi connectivity index (χ3v) is 6.30. The SMILES string of the molecule is COc1ccc2cc(CN(C)CC(=O)N3CCN(c4ccc(C(C)=O)cc4F)CC3)ccc2c1. The van der Waals surface area contributed by atoms with E-state index >= 15 is 0 Å². The average molecular weight is 464 g/mol. The van der Waals surface area contributed by atoms with Crippen molar-refractivity contribution in [1.29, 1.82) is 0 Å². The number of hydrogen-bond donors (Lipinski definition) is 0. The molecule has 0 N–H and O–H groups in total. The van der Waals surface area contributed by atoms with Crippen molar-refractivity contribution in [2.24, 2.45) is 0 Å². The number of ketones is 1. The van der Waals surface area contributed by atoms with Gasteiger partial charge in [0.1, 0.15) is 11.6 Å². The van der Waals surface area contributed by atoms with Gasteiger partial charge in [0.25, 0.3) is 0 Å². The molecule has 1 aliphatic rings. The van der Waals surface area contributed by atoms with E-state index in [4.69, 9.17) is 4.74 Å². The highest BCUT2D eigenvalue weighted by molar-refractivity contribution is 5.94. The van der Waals surface area contributed by atoms with Crippen LogP contribution in [0.15, 0.2) is 54.6 Å². The summed E-state index contributed by atoms with van der Waals surface area (Å²) in [5.41, 5.74) is 1.98. The first-order valence-corrected chi connectivity index (χ1v) is 11.4. The maximum absolute atomic E-state index is 14.5. The normalized spacial score (nSPS) is 14.0. The molecule has 0 radical (unpaired) electrons. The number of nitrogens with zero attached hydrogens (tertiary/aromatic N) is 3. The number of fused-ring (bicyclic) bond motifs is 1. The predicted molar refractivity (Wildman–Crippen MR) is 132 cm³/mol. The van der Waals surface area contributed by atoms with Crippen LogP contribution in [0.25, 0.3) is 10.8 Å². The molecule has 3 aromatic carbocycles. The largest absolute Gasteiger partial charge is 0.497 e. The molecule has 1 aliphatic heterocycles. The van der Waals surface area contributed by atoms with Crippen LogP contribution in [-0.4, -0.2) is 68.4 Å². The summed E-state index contributed by atoms with van der Waals surface area (Å²) in [5, 5.41) is 2.25. The number of carbonyl (C=O) groups is 2. The minimum Gasteiger partial charge on any atom is -0.497 e. The number of carbonyl (C=O) groups excluding carboxylic acids is 2. The lowest BCUT2D eigenvalue weighted by molar-refractivity contribution is -0.132. The van der Waals surface area contributed by atoms with Crippen LogP contribution in [0.5, 0.6) is 5.75 Å². The fraction of sp³-hybridized carbons (Fsp3) is 0.333. The van der Waals surface area contributed by atoms with Gasteiger partial charge in [0.05, 0.1) is 19.3 Å². The molecular weight excluding hydrogens is 433 g/mol. The topological polar surface area (TPSA) is 53.1 Å². The molecular formula is C27H30FN3O3. The Bertz CT molecular complexity index is 1200. The second kappa shape index (κ2) is 10.2. The molecule has 0 aromatic heterocycles. The van der Waals surface area contributed by atoms with Gasteiger partial charge in [0.2, 0.25) is 5.91 Å². The second-order valence-corrected chi connectivity index (χ2v) is 8.81. The molecule has 34 heavy (non-hydrogen) atoms. The van der Waals surface area contributed by atoms with Crippen LogP contribution < -0.4 is 9.64 Å². The first-order chi connectivity index (χ1) is 16.3. The fourth-order valence-electron chi connectivity index (χ4n) is 4.38. The number of methoxy groups -OCH3 is 1. The maximum Gasteiger partial charge on any atom is 0.236 e. The Morgan fingerprint density at radius 1 is 0.971 bits per heavy atom. The summed E-state index contributed by atoms with van der Waals surface area (Å²) in [7, 11) is 3.60. The molecule has 178 valence electrons. The Morgan fingerprint density at radius 3 is 2.35 bits per heavy atom. The molecule has 1 fully saturated rings. The third kappa shape index (κ3) is 5.37. The van der Waals surface area contributed by atoms with Gasteiger partial charge in [-0.1, -0.05) is 18.2 Å². The van der Waals surface area contributed by atoms with E-state index in [2.05, 4.69) is 18.2 Å². The number of piperazine rings is 1. The molecule has 0 aliphatic carbocycles. The van der Waals surface area contributed by atoms with Gasteiger partial charge in [-0.15, -0.1) is 0 Å². The Hall–Kier alpha value is -3.45. The number of likely N-dealkylation sites (N-methyl/N-ethyl adjacent to an activating group) is 1. The van der Waals surface area contributed by atoms with Gasteiger partial charge in [-0.25, -0.2) is 4.39 Å². The maximum atomic E-state index is 14.5. The van der Waals surface area contributed by atoms with E-state index < -0.39 is 5.82 Å². The number of Topliss-reactive ketones (excluding diaryl/α,β-unsaturated/α-hetero) is 1. The van der Waals surface area contributed by atoms with E-state index in [9.17, 15) is 14.0 Å². The lowest BCUT2D eigenvalue weighted by Gasteiger charge is -2.37. The first kappa shape index (κ1) is 23.7. The highest BCUT2D eigenvalue weighted by Crippen LogP contribution is 2.24. The molecule has 0 unspecified atom stereocenters. The van der Waals surface area contributed by atoms with Crippen LogP contribution in [0.2, 0.25) is 0 Å². The monoisotopic (exact) mass is 463 g/mol. The van der Waals surface area contributed by atoms with Crippen molar-refractivity contribution in [3.63, 3.8) is 0 Å². The van der Waals surface area contributed by atoms with Crippen molar-refractivity contribution < 1.29 is 18.7 Å². The van der Waals surface area contributed by atoms with Crippen LogP contribution in [-0.2, 0) is 11.3 Å². The summed E-state index contributed by atoms with van der Waals surface area (Å²) in [5.74, 6) is 0.342. The number of anilines is 1. The number of ether oxygens (including phenoxy) is 1. The molecule has 1 amide bonds. The second-order valence-electron chi connectivity index (χ2n) is 8.81. The standard InChI is InChI=1S/C27H30FN3O3/c1-19(32)21-7-9-26(25(28)16-21)30-10-12-31(13-11-30)27(33)18-29(2)17-20-4-5-23-15-24(34-3)8-6-22(23)14-20/h4-9,14-16H,10-13,17-18H2,1-3H3. The van der Waals surface area contributed by atoms with E-state index in [0.29, 0.717) is 50.5 Å². The summed E-state index contributed by atoms with van der Waals surface area (Å²) in [6.07, 6.45) is 0. The van der Waals surface area contributed by atoms with Crippen molar-refractivity contribution >= 4 is 28.2 Å². The van der Waals surface area contributed by atoms with E-state index in [1.807, 2.05) is 39.9 Å². The summed E-state index contributed by atoms with van der Waals surface area (Å²) >= 11 is 0. The van der Waals surface area contributed by atoms with E-state index in [1.54, 1.807) is 19.2 Å². The van der Waals surface area contributed by atoms with Crippen LogP contribution in [0.1, 0.15) is 22.8 Å². The number of halogens is 1. The summed E-state index contributed by atoms with van der Waals surface area (Å²) < 4.78 is 19.8. The molecule has 7 heteroatoms. The van der Waals surface area contributed by atoms with E-state index in [1.165, 1.54) is 13.0 Å². The van der Waals surface area contributed by atoms with Crippen molar-refractivity contribution in [1.82, 2.24) is 9.80 Å². The smallest absolute Gasteiger partial charge is 0.236 e. The van der Waals surface area contributed by atoms with Crippen LogP contribution in [0.4, 0.5) is 10.1 Å². The van der Waals surface area contributed by atoms with Crippen molar-refractivity contribution in [3.05, 3.63) is 71.5 Å². The number of hydrogen-bond acceptors (Lipinski definition) is 5. The zero-order valence-electron chi connectivity index (χ0n) is 19.9. The molecule has 0 atom stereocenters. The zero-order valence-corrected chi connectivity index (χ0v) is 19.9. The Morgan fingerprint density at radius 2 is 1.68 bits per heavy atom. The zero-order chi connectivity index (χ0) is 24.2. The summed E-state index contributed by atoms with van der Waals surface area (Å²) in [4.78, 5) is 30.1. The highest BCUT2D eigenvalue weighted by atomic mass is 19.1. The Kier molecular flexibility index (Phi) is 7.12. The average Bonchev–Trinajstić information content (AvgIpc) is 2.83. The lowest BCUT2D eigenvalue weighted by Crippen LogP contribution is -2.51. The Balaban J connectivity index is 1.30. The lowest BCUT2D eigenvalue weighted by atomic mass is 10.1. The molecule has 4 rings (SSSR count). The predicted octanol–water partition coefficient (Wildman–Crippen LogP) is 3.97. The van der Waals surface area contributed by atoms with Crippen LogP contribution in [0, 0.1) is 5.82 Å². The van der Waals surface area contributed by atoms with Gasteiger partial charge in [-0.05, 0) is 66.7 Å². The minimum absolute atomic E-state index is 0.0695. The molecule has 6 nitrogen and oxygen atoms in total.